The Hall–Kier alpha value is -0.870. The molecule has 64 valence electrons. The van der Waals surface area contributed by atoms with Crippen LogP contribution in [0.15, 0.2) is 0 Å². The van der Waals surface area contributed by atoms with Gasteiger partial charge < -0.3 is 29.3 Å². The van der Waals surface area contributed by atoms with E-state index in [9.17, 15) is 29.3 Å². The van der Waals surface area contributed by atoms with E-state index in [1.807, 2.05) is 0 Å². The third-order valence-electron chi connectivity index (χ3n) is 0.740. The Balaban J connectivity index is 4.12. The van der Waals surface area contributed by atoms with Gasteiger partial charge >= 0.3 is 0 Å². The van der Waals surface area contributed by atoms with Gasteiger partial charge in [-0.15, -0.1) is 0 Å². The highest BCUT2D eigenvalue weighted by molar-refractivity contribution is 7.58. The maximum absolute atomic E-state index is 10.4. The highest BCUT2D eigenvalue weighted by Crippen LogP contribution is 2.33. The van der Waals surface area contributed by atoms with E-state index in [2.05, 4.69) is 0 Å². The molecule has 0 rings (SSSR count). The molecule has 0 aromatic heterocycles. The standard InChI is InChI=1S/C4H7O6P/c5-3(6)1-11(9,10)2-4(7)8/h1-2H2,(H,5,6)(H,7,8)(H,9,10)/p-3. The molecule has 0 aromatic carbocycles. The molecule has 0 saturated heterocycles. The van der Waals surface area contributed by atoms with Crippen LogP contribution in [-0.4, -0.2) is 24.3 Å². The van der Waals surface area contributed by atoms with Crippen LogP contribution >= 0.6 is 7.37 Å². The lowest BCUT2D eigenvalue weighted by molar-refractivity contribution is -0.303. The molecular weight excluding hydrogens is 175 g/mol. The average molecular weight is 179 g/mol. The minimum Gasteiger partial charge on any atom is -0.799 e. The molecule has 7 heteroatoms. The maximum atomic E-state index is 10.4. The molecule has 0 unspecified atom stereocenters. The molecular formula is C4H4O6P-3. The van der Waals surface area contributed by atoms with Crippen molar-refractivity contribution in [3.8, 4) is 0 Å². The van der Waals surface area contributed by atoms with E-state index in [-0.39, 0.29) is 0 Å². The topological polar surface area (TPSA) is 120 Å². The zero-order valence-corrected chi connectivity index (χ0v) is 6.21. The number of carbonyl (C=O) groups excluding carboxylic acids is 2. The van der Waals surface area contributed by atoms with Crippen LogP contribution in [0.4, 0.5) is 0 Å². The fourth-order valence-electron chi connectivity index (χ4n) is 0.449. The number of hydrogen-bond donors (Lipinski definition) is 0. The molecule has 0 N–H and O–H groups in total. The van der Waals surface area contributed by atoms with E-state index in [0.717, 1.165) is 0 Å². The molecule has 6 nitrogen and oxygen atoms in total. The van der Waals surface area contributed by atoms with E-state index in [1.165, 1.54) is 0 Å². The van der Waals surface area contributed by atoms with Crippen LogP contribution in [0, 0.1) is 0 Å². The van der Waals surface area contributed by atoms with Crippen LogP contribution in [0.3, 0.4) is 0 Å². The lowest BCUT2D eigenvalue weighted by Crippen LogP contribution is -2.34. The Kier molecular flexibility index (Phi) is 3.22. The van der Waals surface area contributed by atoms with Crippen molar-refractivity contribution in [2.24, 2.45) is 0 Å². The molecule has 0 spiro atoms. The van der Waals surface area contributed by atoms with Gasteiger partial charge in [-0.05, 0) is 0 Å². The quantitative estimate of drug-likeness (QED) is 0.407. The van der Waals surface area contributed by atoms with Gasteiger partial charge in [0, 0.05) is 31.6 Å². The first-order chi connectivity index (χ1) is 4.83. The van der Waals surface area contributed by atoms with Crippen LogP contribution in [0.5, 0.6) is 0 Å². The first-order valence-corrected chi connectivity index (χ1v) is 4.52. The van der Waals surface area contributed by atoms with Crippen LogP contribution < -0.4 is 15.1 Å². The normalized spacial score (nSPS) is 11.0. The van der Waals surface area contributed by atoms with Crippen molar-refractivity contribution in [2.75, 3.05) is 12.3 Å². The number of carboxylic acids is 2. The van der Waals surface area contributed by atoms with E-state index >= 15 is 0 Å². The average Bonchev–Trinajstić information content (AvgIpc) is 1.53. The van der Waals surface area contributed by atoms with Crippen LogP contribution in [0.1, 0.15) is 0 Å². The van der Waals surface area contributed by atoms with E-state index < -0.39 is 31.6 Å². The summed E-state index contributed by atoms with van der Waals surface area (Å²) < 4.78 is 10.4. The maximum Gasteiger partial charge on any atom is 0.0475 e. The number of carboxylic acid groups (broad SMARTS) is 2. The summed E-state index contributed by atoms with van der Waals surface area (Å²) in [6.07, 6.45) is -2.53. The minimum atomic E-state index is -4.38. The summed E-state index contributed by atoms with van der Waals surface area (Å²) in [5.41, 5.74) is 0. The smallest absolute Gasteiger partial charge is 0.0475 e. The Bertz CT molecular complexity index is 201. The Morgan fingerprint density at radius 2 is 1.36 bits per heavy atom. The fraction of sp³-hybridized carbons (Fsp3) is 0.500. The number of carbonyl (C=O) groups is 2. The summed E-state index contributed by atoms with van der Waals surface area (Å²) >= 11 is 0. The predicted octanol–water partition coefficient (Wildman–Crippen LogP) is -3.88. The fourth-order valence-corrected chi connectivity index (χ4v) is 1.35. The molecule has 0 aliphatic carbocycles. The van der Waals surface area contributed by atoms with Crippen LogP contribution in [0.2, 0.25) is 0 Å². The molecule has 0 fully saturated rings. The summed E-state index contributed by atoms with van der Waals surface area (Å²) in [6.45, 7) is 0. The number of hydrogen-bond acceptors (Lipinski definition) is 6. The first kappa shape index (κ1) is 10.1. The molecule has 11 heavy (non-hydrogen) atoms. The largest absolute Gasteiger partial charge is 0.799 e. The second-order valence-electron chi connectivity index (χ2n) is 1.87. The van der Waals surface area contributed by atoms with Crippen LogP contribution in [-0.2, 0) is 14.2 Å². The monoisotopic (exact) mass is 179 g/mol. The molecule has 0 aliphatic rings. The summed E-state index contributed by atoms with van der Waals surface area (Å²) in [4.78, 5) is 29.8. The van der Waals surface area contributed by atoms with Crippen LogP contribution in [0.25, 0.3) is 0 Å². The lowest BCUT2D eigenvalue weighted by Gasteiger charge is -2.23. The van der Waals surface area contributed by atoms with Crippen molar-refractivity contribution in [1.82, 2.24) is 0 Å². The minimum absolute atomic E-state index is 1.26. The molecule has 0 aromatic rings. The highest BCUT2D eigenvalue weighted by Gasteiger charge is 2.07. The van der Waals surface area contributed by atoms with Crippen molar-refractivity contribution in [2.45, 2.75) is 0 Å². The van der Waals surface area contributed by atoms with Gasteiger partial charge in [0.25, 0.3) is 0 Å². The molecule has 0 amide bonds. The first-order valence-electron chi connectivity index (χ1n) is 2.52. The summed E-state index contributed by atoms with van der Waals surface area (Å²) in [6, 6.07) is 0. The molecule has 0 radical (unpaired) electrons. The van der Waals surface area contributed by atoms with Gasteiger partial charge in [-0.25, -0.2) is 0 Å². The molecule has 0 aliphatic heterocycles. The molecule has 0 atom stereocenters. The van der Waals surface area contributed by atoms with E-state index in [1.54, 1.807) is 0 Å². The van der Waals surface area contributed by atoms with Crippen molar-refractivity contribution < 1.29 is 29.3 Å². The summed E-state index contributed by atoms with van der Waals surface area (Å²) in [5.74, 6) is -3.63. The second-order valence-corrected chi connectivity index (χ2v) is 4.14. The molecule has 0 bridgehead atoms. The number of rotatable bonds is 4. The van der Waals surface area contributed by atoms with Crippen molar-refractivity contribution in [3.05, 3.63) is 0 Å². The second kappa shape index (κ2) is 3.50. The van der Waals surface area contributed by atoms with E-state index in [0.29, 0.717) is 0 Å². The van der Waals surface area contributed by atoms with Gasteiger partial charge in [-0.3, -0.25) is 0 Å². The van der Waals surface area contributed by atoms with Gasteiger partial charge in [0.2, 0.25) is 0 Å². The molecule has 0 heterocycles. The third-order valence-corrected chi connectivity index (χ3v) is 2.22. The Labute approximate surface area is 61.9 Å². The predicted molar refractivity (Wildman–Crippen MR) is 27.4 cm³/mol. The van der Waals surface area contributed by atoms with Gasteiger partial charge in [-0.1, -0.05) is 0 Å². The van der Waals surface area contributed by atoms with Gasteiger partial charge in [0.15, 0.2) is 0 Å². The zero-order valence-electron chi connectivity index (χ0n) is 5.31. The number of aliphatic carboxylic acids is 2. The Morgan fingerprint density at radius 1 is 1.09 bits per heavy atom. The zero-order chi connectivity index (χ0) is 9.07. The van der Waals surface area contributed by atoms with Gasteiger partial charge in [-0.2, -0.15) is 0 Å². The summed E-state index contributed by atoms with van der Waals surface area (Å²) in [5, 5.41) is 19.4. The van der Waals surface area contributed by atoms with Crippen molar-refractivity contribution >= 4 is 19.3 Å². The van der Waals surface area contributed by atoms with Crippen molar-refractivity contribution in [1.29, 1.82) is 0 Å². The SMILES string of the molecule is O=C([O-])CP(=O)([O-])CC(=O)[O-]. The highest BCUT2D eigenvalue weighted by atomic mass is 31.2. The van der Waals surface area contributed by atoms with Gasteiger partial charge in [0.1, 0.15) is 0 Å². The summed E-state index contributed by atoms with van der Waals surface area (Å²) in [7, 11) is -4.38. The van der Waals surface area contributed by atoms with Crippen molar-refractivity contribution in [3.63, 3.8) is 0 Å². The van der Waals surface area contributed by atoms with Gasteiger partial charge in [0.05, 0.1) is 0 Å². The third kappa shape index (κ3) is 5.57. The molecule has 0 saturated carbocycles. The lowest BCUT2D eigenvalue weighted by atomic mass is 10.8. The van der Waals surface area contributed by atoms with E-state index in [4.69, 9.17) is 0 Å². The Morgan fingerprint density at radius 3 is 1.55 bits per heavy atom.